The van der Waals surface area contributed by atoms with Crippen LogP contribution in [0.25, 0.3) is 0 Å². The summed E-state index contributed by atoms with van der Waals surface area (Å²) in [6.07, 6.45) is 4.58. The van der Waals surface area contributed by atoms with E-state index in [9.17, 15) is 13.2 Å². The van der Waals surface area contributed by atoms with E-state index in [0.29, 0.717) is 37.9 Å². The Hall–Kier alpha value is -2.72. The van der Waals surface area contributed by atoms with Crippen molar-refractivity contribution in [3.8, 4) is 0 Å². The number of sulfonamides is 1. The van der Waals surface area contributed by atoms with E-state index in [-0.39, 0.29) is 12.1 Å². The normalized spacial score (nSPS) is 20.2. The molecule has 1 atom stereocenters. The maximum Gasteiger partial charge on any atom is 0.330 e. The topological polar surface area (TPSA) is 98.7 Å². The number of fused-ring (bicyclic) bond motifs is 1. The van der Waals surface area contributed by atoms with E-state index in [1.165, 1.54) is 10.6 Å². The molecule has 2 aliphatic heterocycles. The lowest BCUT2D eigenvalue weighted by atomic mass is 10.1. The molecule has 2 aromatic rings. The van der Waals surface area contributed by atoms with Crippen molar-refractivity contribution in [2.24, 2.45) is 0 Å². The summed E-state index contributed by atoms with van der Waals surface area (Å²) < 4.78 is 25.3. The molecule has 0 spiro atoms. The van der Waals surface area contributed by atoms with E-state index in [1.807, 2.05) is 37.3 Å². The second kappa shape index (κ2) is 8.19. The van der Waals surface area contributed by atoms with Crippen LogP contribution in [-0.2, 0) is 16.6 Å². The summed E-state index contributed by atoms with van der Waals surface area (Å²) in [6.45, 7) is 3.90. The van der Waals surface area contributed by atoms with Gasteiger partial charge in [0, 0.05) is 37.4 Å². The monoisotopic (exact) mass is 430 g/mol. The number of nitrogens with zero attached hydrogens (tertiary/aromatic N) is 5. The number of rotatable bonds is 5. The van der Waals surface area contributed by atoms with Gasteiger partial charge < -0.3 is 10.2 Å². The number of hydrogen-bond acceptors (Lipinski definition) is 6. The fourth-order valence-electron chi connectivity index (χ4n) is 3.88. The quantitative estimate of drug-likeness (QED) is 0.782. The number of hydrogen-bond donors (Lipinski definition) is 1. The molecule has 0 radical (unpaired) electrons. The van der Waals surface area contributed by atoms with Gasteiger partial charge in [-0.1, -0.05) is 18.2 Å². The van der Waals surface area contributed by atoms with Crippen molar-refractivity contribution in [2.75, 3.05) is 36.1 Å². The summed E-state index contributed by atoms with van der Waals surface area (Å²) in [5.74, 6) is 0.956. The number of para-hydroxylation sites is 1. The molecule has 2 aliphatic rings. The molecule has 9 nitrogen and oxygen atoms in total. The number of aromatic nitrogens is 2. The smallest absolute Gasteiger partial charge is 0.330 e. The van der Waals surface area contributed by atoms with Gasteiger partial charge in [-0.3, -0.25) is 0 Å². The van der Waals surface area contributed by atoms with Crippen molar-refractivity contribution in [1.29, 1.82) is 0 Å². The minimum Gasteiger partial charge on any atom is -0.350 e. The largest absolute Gasteiger partial charge is 0.350 e. The highest BCUT2D eigenvalue weighted by molar-refractivity contribution is 7.88. The molecule has 4 rings (SSSR count). The maximum absolute atomic E-state index is 13.1. The van der Waals surface area contributed by atoms with Crippen LogP contribution in [0, 0.1) is 0 Å². The van der Waals surface area contributed by atoms with Crippen LogP contribution >= 0.6 is 0 Å². The van der Waals surface area contributed by atoms with Crippen LogP contribution in [0.1, 0.15) is 25.3 Å². The summed E-state index contributed by atoms with van der Waals surface area (Å²) in [4.78, 5) is 25.5. The fourth-order valence-corrected chi connectivity index (χ4v) is 4.79. The van der Waals surface area contributed by atoms with Gasteiger partial charge in [0.1, 0.15) is 0 Å². The van der Waals surface area contributed by atoms with Crippen LogP contribution in [-0.4, -0.2) is 65.6 Å². The van der Waals surface area contributed by atoms with Gasteiger partial charge in [0.2, 0.25) is 16.0 Å². The van der Waals surface area contributed by atoms with E-state index < -0.39 is 10.0 Å². The molecule has 0 aliphatic carbocycles. The zero-order chi connectivity index (χ0) is 21.3. The van der Waals surface area contributed by atoms with Gasteiger partial charge in [-0.25, -0.2) is 27.4 Å². The lowest BCUT2D eigenvalue weighted by molar-refractivity contribution is 0.204. The molecule has 1 N–H and O–H groups in total. The Morgan fingerprint density at radius 1 is 1.23 bits per heavy atom. The van der Waals surface area contributed by atoms with Crippen LogP contribution in [0.5, 0.6) is 0 Å². The van der Waals surface area contributed by atoms with Crippen LogP contribution < -0.4 is 10.2 Å². The van der Waals surface area contributed by atoms with Gasteiger partial charge in [-0.05, 0) is 31.9 Å². The Balaban J connectivity index is 1.63. The Labute approximate surface area is 176 Å². The van der Waals surface area contributed by atoms with Crippen LogP contribution in [0.2, 0.25) is 0 Å². The fraction of sp³-hybridized carbons (Fsp3) is 0.450. The molecular formula is C20H26N6O3S. The highest BCUT2D eigenvalue weighted by Gasteiger charge is 2.33. The highest BCUT2D eigenvalue weighted by atomic mass is 32.2. The SMILES string of the molecule is CCN1Cc2cnc(NC3CCCN(S(C)(=O)=O)C3)nc2N(c2ccccc2)C1=O. The van der Waals surface area contributed by atoms with Crippen molar-refractivity contribution in [3.63, 3.8) is 0 Å². The number of carbonyl (C=O) groups excluding carboxylic acids is 1. The van der Waals surface area contributed by atoms with Crippen molar-refractivity contribution in [3.05, 3.63) is 42.1 Å². The molecule has 160 valence electrons. The van der Waals surface area contributed by atoms with Gasteiger partial charge in [0.25, 0.3) is 0 Å². The molecule has 1 aromatic heterocycles. The summed E-state index contributed by atoms with van der Waals surface area (Å²) in [6, 6.07) is 9.22. The molecule has 0 saturated carbocycles. The summed E-state index contributed by atoms with van der Waals surface area (Å²) in [7, 11) is -3.23. The number of nitrogens with one attached hydrogen (secondary N) is 1. The highest BCUT2D eigenvalue weighted by Crippen LogP contribution is 2.33. The minimum atomic E-state index is -3.23. The molecular weight excluding hydrogens is 404 g/mol. The van der Waals surface area contributed by atoms with E-state index in [2.05, 4.69) is 15.3 Å². The number of amides is 2. The number of urea groups is 1. The van der Waals surface area contributed by atoms with Crippen molar-refractivity contribution < 1.29 is 13.2 Å². The first kappa shape index (κ1) is 20.5. The third-order valence-electron chi connectivity index (χ3n) is 5.46. The Kier molecular flexibility index (Phi) is 5.61. The zero-order valence-electron chi connectivity index (χ0n) is 17.2. The maximum atomic E-state index is 13.1. The summed E-state index contributed by atoms with van der Waals surface area (Å²) in [5, 5.41) is 3.27. The molecule has 1 saturated heterocycles. The lowest BCUT2D eigenvalue weighted by Gasteiger charge is -2.36. The van der Waals surface area contributed by atoms with Gasteiger partial charge in [-0.2, -0.15) is 4.98 Å². The van der Waals surface area contributed by atoms with Gasteiger partial charge in [0.15, 0.2) is 5.82 Å². The van der Waals surface area contributed by atoms with Crippen LogP contribution in [0.4, 0.5) is 22.2 Å². The number of piperidine rings is 1. The molecule has 1 fully saturated rings. The molecule has 10 heteroatoms. The van der Waals surface area contributed by atoms with Crippen LogP contribution in [0.3, 0.4) is 0 Å². The Morgan fingerprint density at radius 3 is 2.70 bits per heavy atom. The summed E-state index contributed by atoms with van der Waals surface area (Å²) >= 11 is 0. The molecule has 1 aromatic carbocycles. The van der Waals surface area contributed by atoms with E-state index in [1.54, 1.807) is 16.0 Å². The van der Waals surface area contributed by atoms with E-state index in [0.717, 1.165) is 24.1 Å². The second-order valence-electron chi connectivity index (χ2n) is 7.61. The predicted octanol–water partition coefficient (Wildman–Crippen LogP) is 2.41. The number of anilines is 3. The second-order valence-corrected chi connectivity index (χ2v) is 9.60. The molecule has 1 unspecified atom stereocenters. The Bertz CT molecular complexity index is 1030. The van der Waals surface area contributed by atoms with Crippen LogP contribution in [0.15, 0.2) is 36.5 Å². The van der Waals surface area contributed by atoms with Gasteiger partial charge >= 0.3 is 6.03 Å². The average Bonchev–Trinajstić information content (AvgIpc) is 2.73. The average molecular weight is 431 g/mol. The van der Waals surface area contributed by atoms with Crippen molar-refractivity contribution in [2.45, 2.75) is 32.4 Å². The standard InChI is InChI=1S/C20H26N6O3S/c1-3-24-13-15-12-21-19(22-16-8-7-11-25(14-16)30(2,28)29)23-18(15)26(20(24)27)17-9-5-4-6-10-17/h4-6,9-10,12,16H,3,7-8,11,13-14H2,1-2H3,(H,21,22,23). The number of carbonyl (C=O) groups is 1. The molecule has 3 heterocycles. The molecule has 0 bridgehead atoms. The first-order chi connectivity index (χ1) is 14.4. The van der Waals surface area contributed by atoms with E-state index in [4.69, 9.17) is 0 Å². The molecule has 30 heavy (non-hydrogen) atoms. The number of benzene rings is 1. The lowest BCUT2D eigenvalue weighted by Crippen LogP contribution is -2.46. The third kappa shape index (κ3) is 4.10. The third-order valence-corrected chi connectivity index (χ3v) is 6.73. The zero-order valence-corrected chi connectivity index (χ0v) is 18.0. The van der Waals surface area contributed by atoms with Gasteiger partial charge in [-0.15, -0.1) is 0 Å². The molecule has 2 amide bonds. The summed E-state index contributed by atoms with van der Waals surface area (Å²) in [5.41, 5.74) is 1.61. The Morgan fingerprint density at radius 2 is 2.00 bits per heavy atom. The van der Waals surface area contributed by atoms with Crippen molar-refractivity contribution in [1.82, 2.24) is 19.2 Å². The predicted molar refractivity (Wildman–Crippen MR) is 115 cm³/mol. The first-order valence-corrected chi connectivity index (χ1v) is 11.9. The van der Waals surface area contributed by atoms with Crippen molar-refractivity contribution >= 4 is 33.5 Å². The van der Waals surface area contributed by atoms with Gasteiger partial charge in [0.05, 0.1) is 18.5 Å². The first-order valence-electron chi connectivity index (χ1n) is 10.1. The minimum absolute atomic E-state index is 0.0804. The van der Waals surface area contributed by atoms with E-state index >= 15 is 0 Å².